The zero-order valence-corrected chi connectivity index (χ0v) is 17.9. The zero-order chi connectivity index (χ0) is 20.7. The van der Waals surface area contributed by atoms with Crippen LogP contribution in [0.4, 0.5) is 4.79 Å². The fourth-order valence-corrected chi connectivity index (χ4v) is 3.61. The summed E-state index contributed by atoms with van der Waals surface area (Å²) in [4.78, 5) is 26.0. The van der Waals surface area contributed by atoms with E-state index in [2.05, 4.69) is 17.6 Å². The lowest BCUT2D eigenvalue weighted by Crippen LogP contribution is -2.42. The Morgan fingerprint density at radius 2 is 2.07 bits per heavy atom. The number of nitrogens with one attached hydrogen (secondary N) is 2. The number of likely N-dealkylation sites (tertiary alicyclic amines) is 1. The normalized spacial score (nSPS) is 18.0. The van der Waals surface area contributed by atoms with Crippen LogP contribution in [0.1, 0.15) is 62.9 Å². The van der Waals surface area contributed by atoms with E-state index in [0.717, 1.165) is 44.3 Å². The van der Waals surface area contributed by atoms with Crippen LogP contribution in [0.5, 0.6) is 0 Å². The third kappa shape index (κ3) is 6.82. The van der Waals surface area contributed by atoms with Crippen LogP contribution in [0.15, 0.2) is 24.3 Å². The van der Waals surface area contributed by atoms with Gasteiger partial charge in [-0.3, -0.25) is 4.79 Å². The number of rotatable bonds is 7. The van der Waals surface area contributed by atoms with Crippen molar-refractivity contribution in [3.63, 3.8) is 0 Å². The van der Waals surface area contributed by atoms with Crippen molar-refractivity contribution in [2.45, 2.75) is 71.1 Å². The first-order valence-corrected chi connectivity index (χ1v) is 10.2. The molecule has 2 amide bonds. The first-order valence-electron chi connectivity index (χ1n) is 10.2. The third-order valence-corrected chi connectivity index (χ3v) is 4.95. The molecule has 0 aliphatic carbocycles. The maximum absolute atomic E-state index is 12.4. The second-order valence-corrected chi connectivity index (χ2v) is 8.59. The molecule has 0 aromatic heterocycles. The summed E-state index contributed by atoms with van der Waals surface area (Å²) in [5.41, 5.74) is 1.36. The number of amides is 2. The number of hydrogen-bond donors (Lipinski definition) is 2. The molecule has 2 N–H and O–H groups in total. The molecule has 0 bridgehead atoms. The van der Waals surface area contributed by atoms with Crippen molar-refractivity contribution >= 4 is 12.0 Å². The van der Waals surface area contributed by atoms with Crippen LogP contribution < -0.4 is 10.6 Å². The van der Waals surface area contributed by atoms with Crippen LogP contribution in [0.3, 0.4) is 0 Å². The van der Waals surface area contributed by atoms with Crippen LogP contribution in [-0.4, -0.2) is 54.7 Å². The van der Waals surface area contributed by atoms with Gasteiger partial charge >= 0.3 is 6.09 Å². The Morgan fingerprint density at radius 1 is 1.32 bits per heavy atom. The third-order valence-electron chi connectivity index (χ3n) is 4.95. The summed E-state index contributed by atoms with van der Waals surface area (Å²) in [6.45, 7) is 9.47. The molecule has 2 rings (SSSR count). The molecule has 6 heteroatoms. The van der Waals surface area contributed by atoms with E-state index in [-0.39, 0.29) is 18.0 Å². The van der Waals surface area contributed by atoms with Gasteiger partial charge in [-0.05, 0) is 77.6 Å². The minimum Gasteiger partial charge on any atom is -0.444 e. The molecule has 0 radical (unpaired) electrons. The zero-order valence-electron chi connectivity index (χ0n) is 17.9. The molecule has 2 unspecified atom stereocenters. The van der Waals surface area contributed by atoms with Gasteiger partial charge in [-0.2, -0.15) is 0 Å². The van der Waals surface area contributed by atoms with E-state index in [4.69, 9.17) is 4.74 Å². The first kappa shape index (κ1) is 22.2. The highest BCUT2D eigenvalue weighted by molar-refractivity contribution is 5.94. The highest BCUT2D eigenvalue weighted by Gasteiger charge is 2.32. The van der Waals surface area contributed by atoms with Crippen LogP contribution in [-0.2, 0) is 11.2 Å². The second-order valence-electron chi connectivity index (χ2n) is 8.59. The largest absolute Gasteiger partial charge is 0.444 e. The highest BCUT2D eigenvalue weighted by atomic mass is 16.6. The Hall–Kier alpha value is -2.08. The van der Waals surface area contributed by atoms with Gasteiger partial charge in [0.1, 0.15) is 5.60 Å². The Labute approximate surface area is 169 Å². The van der Waals surface area contributed by atoms with E-state index >= 15 is 0 Å². The SMILES string of the molecule is CNC(=O)c1cccc(CCNC(C)CC2CCCN2C(=O)OC(C)(C)C)c1. The Bertz CT molecular complexity index is 669. The molecule has 1 aliphatic heterocycles. The van der Waals surface area contributed by atoms with Crippen LogP contribution in [0, 0.1) is 0 Å². The van der Waals surface area contributed by atoms with E-state index in [1.807, 2.05) is 49.9 Å². The Morgan fingerprint density at radius 3 is 2.75 bits per heavy atom. The number of hydrogen-bond acceptors (Lipinski definition) is 4. The van der Waals surface area contributed by atoms with Crippen molar-refractivity contribution < 1.29 is 14.3 Å². The summed E-state index contributed by atoms with van der Waals surface area (Å²) in [7, 11) is 1.64. The summed E-state index contributed by atoms with van der Waals surface area (Å²) < 4.78 is 5.55. The smallest absolute Gasteiger partial charge is 0.410 e. The summed E-state index contributed by atoms with van der Waals surface area (Å²) in [5.74, 6) is -0.0633. The van der Waals surface area contributed by atoms with E-state index < -0.39 is 5.60 Å². The van der Waals surface area contributed by atoms with Gasteiger partial charge in [0.25, 0.3) is 5.91 Å². The minimum absolute atomic E-state index is 0.0633. The molecule has 28 heavy (non-hydrogen) atoms. The summed E-state index contributed by atoms with van der Waals surface area (Å²) >= 11 is 0. The van der Waals surface area contributed by atoms with Crippen molar-refractivity contribution in [1.82, 2.24) is 15.5 Å². The standard InChI is InChI=1S/C22H35N3O3/c1-16(14-19-10-7-13-25(19)21(27)28-22(2,3)4)24-12-11-17-8-6-9-18(15-17)20(26)23-5/h6,8-9,15-16,19,24H,7,10-14H2,1-5H3,(H,23,26). The number of carbonyl (C=O) groups is 2. The van der Waals surface area contributed by atoms with E-state index in [1.165, 1.54) is 0 Å². The molecule has 2 atom stereocenters. The molecule has 156 valence electrons. The van der Waals surface area contributed by atoms with E-state index in [0.29, 0.717) is 11.6 Å². The predicted molar refractivity (Wildman–Crippen MR) is 112 cm³/mol. The number of ether oxygens (including phenoxy) is 1. The molecule has 1 aromatic carbocycles. The molecule has 1 saturated heterocycles. The molecule has 1 aliphatic rings. The van der Waals surface area contributed by atoms with Crippen molar-refractivity contribution in [2.24, 2.45) is 0 Å². The first-order chi connectivity index (χ1) is 13.2. The van der Waals surface area contributed by atoms with Gasteiger partial charge in [-0.15, -0.1) is 0 Å². The molecular formula is C22H35N3O3. The Kier molecular flexibility index (Phi) is 7.87. The average molecular weight is 390 g/mol. The van der Waals surface area contributed by atoms with Gasteiger partial charge in [-0.1, -0.05) is 12.1 Å². The van der Waals surface area contributed by atoms with Crippen LogP contribution in [0.25, 0.3) is 0 Å². The monoisotopic (exact) mass is 389 g/mol. The lowest BCUT2D eigenvalue weighted by molar-refractivity contribution is 0.0214. The topological polar surface area (TPSA) is 70.7 Å². The van der Waals surface area contributed by atoms with E-state index in [9.17, 15) is 9.59 Å². The average Bonchev–Trinajstić information content (AvgIpc) is 3.08. The molecule has 0 saturated carbocycles. The quantitative estimate of drug-likeness (QED) is 0.750. The number of carbonyl (C=O) groups excluding carboxylic acids is 2. The molecule has 1 fully saturated rings. The van der Waals surface area contributed by atoms with Crippen molar-refractivity contribution in [1.29, 1.82) is 0 Å². The maximum atomic E-state index is 12.4. The molecule has 1 aromatic rings. The maximum Gasteiger partial charge on any atom is 0.410 e. The molecular weight excluding hydrogens is 354 g/mol. The van der Waals surface area contributed by atoms with Crippen molar-refractivity contribution in [3.05, 3.63) is 35.4 Å². The fourth-order valence-electron chi connectivity index (χ4n) is 3.61. The van der Waals surface area contributed by atoms with Gasteiger partial charge in [0.05, 0.1) is 0 Å². The highest BCUT2D eigenvalue weighted by Crippen LogP contribution is 2.24. The van der Waals surface area contributed by atoms with Gasteiger partial charge < -0.3 is 20.3 Å². The summed E-state index contributed by atoms with van der Waals surface area (Å²) in [5, 5.41) is 6.20. The van der Waals surface area contributed by atoms with E-state index in [1.54, 1.807) is 7.05 Å². The van der Waals surface area contributed by atoms with Gasteiger partial charge in [0, 0.05) is 31.2 Å². The molecule has 1 heterocycles. The molecule has 0 spiro atoms. The fraction of sp³-hybridized carbons (Fsp3) is 0.636. The minimum atomic E-state index is -0.461. The second kappa shape index (κ2) is 9.92. The lowest BCUT2D eigenvalue weighted by atomic mass is 10.0. The van der Waals surface area contributed by atoms with Gasteiger partial charge in [0.2, 0.25) is 0 Å². The number of benzene rings is 1. The molecule has 6 nitrogen and oxygen atoms in total. The summed E-state index contributed by atoms with van der Waals surface area (Å²) in [6, 6.07) is 8.25. The van der Waals surface area contributed by atoms with Gasteiger partial charge in [-0.25, -0.2) is 4.79 Å². The predicted octanol–water partition coefficient (Wildman–Crippen LogP) is 3.36. The Balaban J connectivity index is 1.80. The van der Waals surface area contributed by atoms with Crippen molar-refractivity contribution in [3.8, 4) is 0 Å². The van der Waals surface area contributed by atoms with Crippen LogP contribution in [0.2, 0.25) is 0 Å². The van der Waals surface area contributed by atoms with Gasteiger partial charge in [0.15, 0.2) is 0 Å². The van der Waals surface area contributed by atoms with Crippen LogP contribution >= 0.6 is 0 Å². The van der Waals surface area contributed by atoms with Crippen molar-refractivity contribution in [2.75, 3.05) is 20.1 Å². The lowest BCUT2D eigenvalue weighted by Gasteiger charge is -2.30. The number of nitrogens with zero attached hydrogens (tertiary/aromatic N) is 1. The summed E-state index contributed by atoms with van der Waals surface area (Å²) in [6.07, 6.45) is 3.63.